The number of rotatable bonds is 3. The quantitative estimate of drug-likeness (QED) is 0.871. The molecule has 4 rings (SSSR count). The molecule has 1 N–H and O–H groups in total. The molecule has 6 nitrogen and oxygen atoms in total. The molecule has 2 aromatic carbocycles. The van der Waals surface area contributed by atoms with Crippen LogP contribution in [-0.2, 0) is 4.79 Å². The Balaban J connectivity index is 1.63. The molecule has 2 aliphatic rings. The summed E-state index contributed by atoms with van der Waals surface area (Å²) in [6, 6.07) is 10.6. The Bertz CT molecular complexity index is 805. The molecule has 0 radical (unpaired) electrons. The molecule has 6 heteroatoms. The maximum atomic E-state index is 12.7. The smallest absolute Gasteiger partial charge is 0.280 e. The SMILES string of the molecule is O=C(CN1CCCC1)NN1C(=O)c2cccc3cccc(c23)C1=O. The topological polar surface area (TPSA) is 69.7 Å². The fourth-order valence-electron chi connectivity index (χ4n) is 3.44. The zero-order valence-electron chi connectivity index (χ0n) is 13.1. The van der Waals surface area contributed by atoms with Crippen molar-refractivity contribution in [3.63, 3.8) is 0 Å². The molecule has 1 fully saturated rings. The van der Waals surface area contributed by atoms with Gasteiger partial charge in [-0.3, -0.25) is 24.7 Å². The lowest BCUT2D eigenvalue weighted by Gasteiger charge is -2.27. The molecule has 2 aliphatic heterocycles. The van der Waals surface area contributed by atoms with Crippen LogP contribution >= 0.6 is 0 Å². The third-order valence-electron chi connectivity index (χ3n) is 4.57. The van der Waals surface area contributed by atoms with Crippen LogP contribution in [0.5, 0.6) is 0 Å². The van der Waals surface area contributed by atoms with Gasteiger partial charge in [-0.1, -0.05) is 24.3 Å². The van der Waals surface area contributed by atoms with Crippen molar-refractivity contribution in [2.45, 2.75) is 12.8 Å². The Morgan fingerprint density at radius 1 is 0.958 bits per heavy atom. The van der Waals surface area contributed by atoms with Gasteiger partial charge in [-0.15, -0.1) is 0 Å². The summed E-state index contributed by atoms with van der Waals surface area (Å²) in [7, 11) is 0. The van der Waals surface area contributed by atoms with E-state index in [1.807, 2.05) is 17.0 Å². The van der Waals surface area contributed by atoms with Gasteiger partial charge in [0.05, 0.1) is 17.7 Å². The van der Waals surface area contributed by atoms with Gasteiger partial charge in [-0.25, -0.2) is 0 Å². The van der Waals surface area contributed by atoms with E-state index in [0.717, 1.165) is 36.3 Å². The van der Waals surface area contributed by atoms with Gasteiger partial charge >= 0.3 is 0 Å². The highest BCUT2D eigenvalue weighted by atomic mass is 16.2. The Kier molecular flexibility index (Phi) is 3.54. The number of benzene rings is 2. The highest BCUT2D eigenvalue weighted by Gasteiger charge is 2.34. The van der Waals surface area contributed by atoms with Gasteiger partial charge in [0.15, 0.2) is 0 Å². The predicted octanol–water partition coefficient (Wildman–Crippen LogP) is 1.56. The van der Waals surface area contributed by atoms with E-state index in [-0.39, 0.29) is 12.5 Å². The van der Waals surface area contributed by atoms with Crippen molar-refractivity contribution in [3.05, 3.63) is 47.5 Å². The zero-order valence-corrected chi connectivity index (χ0v) is 13.1. The Morgan fingerprint density at radius 3 is 2.12 bits per heavy atom. The van der Waals surface area contributed by atoms with Crippen LogP contribution in [0.1, 0.15) is 33.6 Å². The van der Waals surface area contributed by atoms with Crippen molar-refractivity contribution in [2.24, 2.45) is 0 Å². The van der Waals surface area contributed by atoms with Gasteiger partial charge in [0.1, 0.15) is 0 Å². The highest BCUT2D eigenvalue weighted by molar-refractivity contribution is 6.25. The van der Waals surface area contributed by atoms with E-state index in [4.69, 9.17) is 0 Å². The molecule has 0 aromatic heterocycles. The molecule has 0 bridgehead atoms. The fourth-order valence-corrected chi connectivity index (χ4v) is 3.44. The number of amides is 3. The van der Waals surface area contributed by atoms with Crippen molar-refractivity contribution < 1.29 is 14.4 Å². The van der Waals surface area contributed by atoms with E-state index in [9.17, 15) is 14.4 Å². The first kappa shape index (κ1) is 14.8. The molecule has 3 amide bonds. The third-order valence-corrected chi connectivity index (χ3v) is 4.57. The monoisotopic (exact) mass is 323 g/mol. The summed E-state index contributed by atoms with van der Waals surface area (Å²) in [6.07, 6.45) is 2.15. The van der Waals surface area contributed by atoms with Crippen molar-refractivity contribution >= 4 is 28.5 Å². The molecule has 24 heavy (non-hydrogen) atoms. The summed E-state index contributed by atoms with van der Waals surface area (Å²) in [5, 5.41) is 2.34. The second-order valence-corrected chi connectivity index (χ2v) is 6.17. The van der Waals surface area contributed by atoms with Crippen LogP contribution in [0.25, 0.3) is 10.8 Å². The summed E-state index contributed by atoms with van der Waals surface area (Å²) < 4.78 is 0. The third kappa shape index (κ3) is 2.35. The lowest BCUT2D eigenvalue weighted by Crippen LogP contribution is -2.53. The van der Waals surface area contributed by atoms with Crippen LogP contribution in [0, 0.1) is 0 Å². The Hall–Kier alpha value is -2.73. The van der Waals surface area contributed by atoms with E-state index in [1.54, 1.807) is 24.3 Å². The number of carbonyl (C=O) groups excluding carboxylic acids is 3. The first-order valence-electron chi connectivity index (χ1n) is 8.07. The maximum absolute atomic E-state index is 12.7. The number of carbonyl (C=O) groups is 3. The molecule has 0 saturated carbocycles. The fraction of sp³-hybridized carbons (Fsp3) is 0.278. The van der Waals surface area contributed by atoms with E-state index < -0.39 is 11.8 Å². The van der Waals surface area contributed by atoms with E-state index in [1.165, 1.54) is 0 Å². The van der Waals surface area contributed by atoms with Crippen LogP contribution in [0.2, 0.25) is 0 Å². The normalized spacial score (nSPS) is 17.6. The molecular weight excluding hydrogens is 306 g/mol. The maximum Gasteiger partial charge on any atom is 0.280 e. The van der Waals surface area contributed by atoms with Gasteiger partial charge in [0, 0.05) is 5.39 Å². The van der Waals surface area contributed by atoms with Crippen molar-refractivity contribution in [1.82, 2.24) is 15.3 Å². The number of hydrazine groups is 1. The molecule has 0 aliphatic carbocycles. The van der Waals surface area contributed by atoms with Crippen molar-refractivity contribution in [1.29, 1.82) is 0 Å². The Morgan fingerprint density at radius 2 is 1.54 bits per heavy atom. The molecule has 2 aromatic rings. The van der Waals surface area contributed by atoms with E-state index in [2.05, 4.69) is 5.43 Å². The molecule has 0 spiro atoms. The zero-order chi connectivity index (χ0) is 16.7. The lowest BCUT2D eigenvalue weighted by molar-refractivity contribution is -0.125. The predicted molar refractivity (Wildman–Crippen MR) is 88.3 cm³/mol. The van der Waals surface area contributed by atoms with Crippen LogP contribution in [0.15, 0.2) is 36.4 Å². The number of likely N-dealkylation sites (tertiary alicyclic amines) is 1. The lowest BCUT2D eigenvalue weighted by atomic mass is 9.95. The summed E-state index contributed by atoms with van der Waals surface area (Å²) >= 11 is 0. The minimum absolute atomic E-state index is 0.197. The van der Waals surface area contributed by atoms with Crippen LogP contribution in [0.3, 0.4) is 0 Å². The molecule has 122 valence electrons. The molecule has 0 atom stereocenters. The number of nitrogens with one attached hydrogen (secondary N) is 1. The summed E-state index contributed by atoms with van der Waals surface area (Å²) in [5.41, 5.74) is 3.35. The van der Waals surface area contributed by atoms with E-state index >= 15 is 0 Å². The average molecular weight is 323 g/mol. The van der Waals surface area contributed by atoms with Crippen LogP contribution in [0.4, 0.5) is 0 Å². The molecule has 0 unspecified atom stereocenters. The van der Waals surface area contributed by atoms with Crippen LogP contribution in [-0.4, -0.2) is 47.3 Å². The van der Waals surface area contributed by atoms with Gasteiger partial charge in [0.2, 0.25) is 0 Å². The molecule has 1 saturated heterocycles. The first-order valence-corrected chi connectivity index (χ1v) is 8.07. The second-order valence-electron chi connectivity index (χ2n) is 6.17. The second kappa shape index (κ2) is 5.72. The van der Waals surface area contributed by atoms with Gasteiger partial charge in [-0.2, -0.15) is 5.01 Å². The minimum Gasteiger partial charge on any atom is -0.294 e. The van der Waals surface area contributed by atoms with Gasteiger partial charge in [-0.05, 0) is 43.5 Å². The van der Waals surface area contributed by atoms with E-state index in [0.29, 0.717) is 16.5 Å². The number of hydrogen-bond donors (Lipinski definition) is 1. The summed E-state index contributed by atoms with van der Waals surface area (Å²) in [5.74, 6) is -1.32. The molecule has 2 heterocycles. The van der Waals surface area contributed by atoms with Crippen molar-refractivity contribution in [3.8, 4) is 0 Å². The number of hydrogen-bond acceptors (Lipinski definition) is 4. The van der Waals surface area contributed by atoms with Gasteiger partial charge < -0.3 is 0 Å². The summed E-state index contributed by atoms with van der Waals surface area (Å²) in [6.45, 7) is 1.94. The van der Waals surface area contributed by atoms with Crippen molar-refractivity contribution in [2.75, 3.05) is 19.6 Å². The number of imide groups is 1. The standard InChI is InChI=1S/C18H17N3O3/c22-15(11-20-9-1-2-10-20)19-21-17(23)13-7-3-5-12-6-4-8-14(16(12)13)18(21)24/h3-8H,1-2,9-11H2,(H,19,22). The Labute approximate surface area is 139 Å². The van der Waals surface area contributed by atoms with Crippen LogP contribution < -0.4 is 5.43 Å². The van der Waals surface area contributed by atoms with Gasteiger partial charge in [0.25, 0.3) is 17.7 Å². The minimum atomic E-state index is -0.487. The summed E-state index contributed by atoms with van der Waals surface area (Å²) in [4.78, 5) is 39.6. The largest absolute Gasteiger partial charge is 0.294 e. The highest BCUT2D eigenvalue weighted by Crippen LogP contribution is 2.29. The molecular formula is C18H17N3O3. The average Bonchev–Trinajstić information content (AvgIpc) is 3.09. The number of nitrogens with zero attached hydrogens (tertiary/aromatic N) is 2. The first-order chi connectivity index (χ1) is 11.6.